The van der Waals surface area contributed by atoms with Crippen molar-refractivity contribution in [3.8, 4) is 5.75 Å². The average molecular weight is 265 g/mol. The van der Waals surface area contributed by atoms with Gasteiger partial charge in [0.25, 0.3) is 5.91 Å². The van der Waals surface area contributed by atoms with Gasteiger partial charge in [0.05, 0.1) is 7.11 Å². The van der Waals surface area contributed by atoms with E-state index in [1.807, 2.05) is 24.3 Å². The van der Waals surface area contributed by atoms with Gasteiger partial charge in [-0.2, -0.15) is 0 Å². The minimum Gasteiger partial charge on any atom is -0.497 e. The van der Waals surface area contributed by atoms with E-state index < -0.39 is 11.6 Å². The summed E-state index contributed by atoms with van der Waals surface area (Å²) < 4.78 is 10.0. The van der Waals surface area contributed by atoms with E-state index in [1.54, 1.807) is 21.0 Å². The number of benzene rings is 1. The first-order valence-electron chi connectivity index (χ1n) is 5.96. The molecule has 5 heteroatoms. The van der Waals surface area contributed by atoms with Gasteiger partial charge < -0.3 is 14.8 Å². The summed E-state index contributed by atoms with van der Waals surface area (Å²) in [7, 11) is 1.60. The van der Waals surface area contributed by atoms with E-state index in [-0.39, 0.29) is 5.91 Å². The van der Waals surface area contributed by atoms with E-state index in [0.717, 1.165) is 11.3 Å². The lowest BCUT2D eigenvalue weighted by Gasteiger charge is -2.23. The second-order valence-corrected chi connectivity index (χ2v) is 4.63. The maximum atomic E-state index is 11.9. The predicted molar refractivity (Wildman–Crippen MR) is 70.7 cm³/mol. The first-order chi connectivity index (χ1) is 8.85. The van der Waals surface area contributed by atoms with Crippen LogP contribution in [0.15, 0.2) is 24.3 Å². The number of esters is 1. The van der Waals surface area contributed by atoms with E-state index in [0.29, 0.717) is 6.54 Å². The molecule has 0 aliphatic carbocycles. The summed E-state index contributed by atoms with van der Waals surface area (Å²) in [6.45, 7) is 4.75. The van der Waals surface area contributed by atoms with Gasteiger partial charge in [-0.1, -0.05) is 12.1 Å². The highest BCUT2D eigenvalue weighted by atomic mass is 16.6. The van der Waals surface area contributed by atoms with Crippen molar-refractivity contribution < 1.29 is 19.1 Å². The SMILES string of the molecule is COc1ccc(CNC(=O)C(C)(C)OC(C)=O)cc1. The van der Waals surface area contributed by atoms with Crippen LogP contribution in [0.3, 0.4) is 0 Å². The maximum Gasteiger partial charge on any atom is 0.303 e. The third-order valence-electron chi connectivity index (χ3n) is 2.56. The molecule has 0 saturated carbocycles. The normalized spacial score (nSPS) is 10.7. The highest BCUT2D eigenvalue weighted by Gasteiger charge is 2.30. The quantitative estimate of drug-likeness (QED) is 0.822. The van der Waals surface area contributed by atoms with Gasteiger partial charge in [0.1, 0.15) is 5.75 Å². The smallest absolute Gasteiger partial charge is 0.303 e. The molecule has 19 heavy (non-hydrogen) atoms. The minimum absolute atomic E-state index is 0.335. The molecule has 0 aliphatic rings. The fourth-order valence-corrected chi connectivity index (χ4v) is 1.54. The molecule has 0 aromatic heterocycles. The number of carbonyl (C=O) groups is 2. The van der Waals surface area contributed by atoms with Crippen molar-refractivity contribution in [1.29, 1.82) is 0 Å². The number of hydrogen-bond donors (Lipinski definition) is 1. The number of ether oxygens (including phenoxy) is 2. The van der Waals surface area contributed by atoms with Crippen LogP contribution in [0.2, 0.25) is 0 Å². The second kappa shape index (κ2) is 6.22. The number of carbonyl (C=O) groups excluding carboxylic acids is 2. The van der Waals surface area contributed by atoms with Crippen molar-refractivity contribution in [3.63, 3.8) is 0 Å². The van der Waals surface area contributed by atoms with E-state index in [2.05, 4.69) is 5.32 Å². The molecule has 104 valence electrons. The zero-order valence-corrected chi connectivity index (χ0v) is 11.6. The molecular weight excluding hydrogens is 246 g/mol. The Morgan fingerprint density at radius 3 is 2.26 bits per heavy atom. The Hall–Kier alpha value is -2.04. The molecule has 0 fully saturated rings. The summed E-state index contributed by atoms with van der Waals surface area (Å²) in [4.78, 5) is 22.8. The molecule has 0 saturated heterocycles. The Morgan fingerprint density at radius 1 is 1.21 bits per heavy atom. The zero-order chi connectivity index (χ0) is 14.5. The monoisotopic (exact) mass is 265 g/mol. The van der Waals surface area contributed by atoms with Crippen molar-refractivity contribution in [2.75, 3.05) is 7.11 Å². The summed E-state index contributed by atoms with van der Waals surface area (Å²) in [5.41, 5.74) is -0.231. The Kier molecular flexibility index (Phi) is 4.92. The van der Waals surface area contributed by atoms with Crippen LogP contribution in [0.1, 0.15) is 26.3 Å². The van der Waals surface area contributed by atoms with Gasteiger partial charge in [0.15, 0.2) is 5.60 Å². The molecule has 1 aromatic rings. The van der Waals surface area contributed by atoms with Crippen LogP contribution >= 0.6 is 0 Å². The Labute approximate surface area is 112 Å². The molecule has 0 bridgehead atoms. The largest absolute Gasteiger partial charge is 0.497 e. The van der Waals surface area contributed by atoms with E-state index >= 15 is 0 Å². The summed E-state index contributed by atoms with van der Waals surface area (Å²) in [5.74, 6) is -0.0570. The summed E-state index contributed by atoms with van der Waals surface area (Å²) >= 11 is 0. The standard InChI is InChI=1S/C14H19NO4/c1-10(16)19-14(2,3)13(17)15-9-11-5-7-12(18-4)8-6-11/h5-8H,9H2,1-4H3,(H,15,17). The number of hydrogen-bond acceptors (Lipinski definition) is 4. The van der Waals surface area contributed by atoms with Crippen LogP contribution < -0.4 is 10.1 Å². The highest BCUT2D eigenvalue weighted by molar-refractivity contribution is 5.86. The number of rotatable bonds is 5. The molecule has 1 N–H and O–H groups in total. The van der Waals surface area contributed by atoms with Crippen molar-refractivity contribution in [2.24, 2.45) is 0 Å². The molecule has 0 aliphatic heterocycles. The summed E-state index contributed by atoms with van der Waals surface area (Å²) in [6, 6.07) is 7.35. The van der Waals surface area contributed by atoms with Crippen LogP contribution in [0.25, 0.3) is 0 Å². The lowest BCUT2D eigenvalue weighted by molar-refractivity contribution is -0.163. The van der Waals surface area contributed by atoms with Crippen LogP contribution in [-0.2, 0) is 20.9 Å². The molecular formula is C14H19NO4. The van der Waals surface area contributed by atoms with Crippen molar-refractivity contribution in [1.82, 2.24) is 5.32 Å². The molecule has 0 radical (unpaired) electrons. The maximum absolute atomic E-state index is 11.9. The van der Waals surface area contributed by atoms with E-state index in [1.165, 1.54) is 6.92 Å². The molecule has 5 nitrogen and oxygen atoms in total. The van der Waals surface area contributed by atoms with Gasteiger partial charge in [-0.05, 0) is 31.5 Å². The molecule has 0 unspecified atom stereocenters. The van der Waals surface area contributed by atoms with Gasteiger partial charge in [0, 0.05) is 13.5 Å². The molecule has 1 amide bonds. The fourth-order valence-electron chi connectivity index (χ4n) is 1.54. The van der Waals surface area contributed by atoms with Crippen LogP contribution in [0, 0.1) is 0 Å². The predicted octanol–water partition coefficient (Wildman–Crippen LogP) is 1.65. The van der Waals surface area contributed by atoms with Crippen LogP contribution in [0.4, 0.5) is 0 Å². The van der Waals surface area contributed by atoms with Crippen molar-refractivity contribution >= 4 is 11.9 Å². The summed E-state index contributed by atoms with van der Waals surface area (Å²) in [6.07, 6.45) is 0. The summed E-state index contributed by atoms with van der Waals surface area (Å²) in [5, 5.41) is 2.73. The van der Waals surface area contributed by atoms with Crippen LogP contribution in [0.5, 0.6) is 5.75 Å². The average Bonchev–Trinajstić information content (AvgIpc) is 2.35. The van der Waals surface area contributed by atoms with Crippen molar-refractivity contribution in [3.05, 3.63) is 29.8 Å². The Bertz CT molecular complexity index is 451. The molecule has 0 heterocycles. The van der Waals surface area contributed by atoms with Gasteiger partial charge in [0.2, 0.25) is 0 Å². The number of amides is 1. The first-order valence-corrected chi connectivity index (χ1v) is 5.96. The topological polar surface area (TPSA) is 64.6 Å². The lowest BCUT2D eigenvalue weighted by atomic mass is 10.1. The lowest BCUT2D eigenvalue weighted by Crippen LogP contribution is -2.44. The van der Waals surface area contributed by atoms with Gasteiger partial charge >= 0.3 is 5.97 Å². The Morgan fingerprint density at radius 2 is 1.79 bits per heavy atom. The van der Waals surface area contributed by atoms with Gasteiger partial charge in [-0.25, -0.2) is 0 Å². The fraction of sp³-hybridized carbons (Fsp3) is 0.429. The third kappa shape index (κ3) is 4.62. The number of nitrogens with one attached hydrogen (secondary N) is 1. The van der Waals surface area contributed by atoms with Gasteiger partial charge in [-0.3, -0.25) is 9.59 Å². The second-order valence-electron chi connectivity index (χ2n) is 4.63. The van der Waals surface area contributed by atoms with Gasteiger partial charge in [-0.15, -0.1) is 0 Å². The Balaban J connectivity index is 2.55. The minimum atomic E-state index is -1.17. The van der Waals surface area contributed by atoms with E-state index in [4.69, 9.17) is 9.47 Å². The van der Waals surface area contributed by atoms with Crippen molar-refractivity contribution in [2.45, 2.75) is 32.9 Å². The molecule has 0 spiro atoms. The zero-order valence-electron chi connectivity index (χ0n) is 11.6. The molecule has 1 aromatic carbocycles. The third-order valence-corrected chi connectivity index (χ3v) is 2.56. The van der Waals surface area contributed by atoms with Crippen LogP contribution in [-0.4, -0.2) is 24.6 Å². The number of methoxy groups -OCH3 is 1. The first kappa shape index (κ1) is 15.0. The van der Waals surface area contributed by atoms with E-state index in [9.17, 15) is 9.59 Å². The molecule has 1 rings (SSSR count). The highest BCUT2D eigenvalue weighted by Crippen LogP contribution is 2.13. The molecule has 0 atom stereocenters.